The van der Waals surface area contributed by atoms with Crippen LogP contribution in [0, 0.1) is 7.14 Å². The van der Waals surface area contributed by atoms with Crippen molar-refractivity contribution in [2.45, 2.75) is 59.3 Å². The van der Waals surface area contributed by atoms with E-state index in [0.29, 0.717) is 25.5 Å². The molecule has 0 aliphatic heterocycles. The minimum absolute atomic E-state index is 0. The van der Waals surface area contributed by atoms with Crippen LogP contribution in [0.4, 0.5) is 9.59 Å². The maximum atomic E-state index is 11.7. The van der Waals surface area contributed by atoms with Gasteiger partial charge in [0.15, 0.2) is 0 Å². The van der Waals surface area contributed by atoms with E-state index in [-0.39, 0.29) is 158 Å². The molecule has 2 heterocycles. The van der Waals surface area contributed by atoms with Gasteiger partial charge in [-0.2, -0.15) is 10.2 Å². The molecule has 0 radical (unpaired) electrons. The minimum atomic E-state index is -0.452. The largest absolute Gasteiger partial charge is 1.00 e. The van der Waals surface area contributed by atoms with Crippen LogP contribution in [0.5, 0.6) is 0 Å². The number of alkyl halides is 1. The van der Waals surface area contributed by atoms with Crippen molar-refractivity contribution < 1.29 is 173 Å². The summed E-state index contributed by atoms with van der Waals surface area (Å²) in [4.78, 5) is 37.1. The second-order valence-electron chi connectivity index (χ2n) is 9.52. The van der Waals surface area contributed by atoms with Gasteiger partial charge in [-0.1, -0.05) is 0 Å². The Morgan fingerprint density at radius 2 is 1.49 bits per heavy atom. The molecule has 0 bridgehead atoms. The van der Waals surface area contributed by atoms with E-state index in [2.05, 4.69) is 65.4 Å². The van der Waals surface area contributed by atoms with Gasteiger partial charge in [-0.05, 0) is 86.7 Å². The smallest absolute Gasteiger partial charge is 1.00 e. The van der Waals surface area contributed by atoms with Crippen molar-refractivity contribution in [3.63, 3.8) is 0 Å². The van der Waals surface area contributed by atoms with E-state index in [0.717, 1.165) is 7.14 Å². The van der Waals surface area contributed by atoms with Crippen LogP contribution in [-0.2, 0) is 25.7 Å². The van der Waals surface area contributed by atoms with Crippen LogP contribution < -0.4 is 143 Å². The number of carbonyl (C=O) groups excluding carboxylic acids is 3. The molecule has 0 unspecified atom stereocenters. The van der Waals surface area contributed by atoms with Crippen molar-refractivity contribution >= 4 is 75.4 Å². The molecule has 1 N–H and O–H groups in total. The van der Waals surface area contributed by atoms with Crippen LogP contribution in [0.15, 0.2) is 24.8 Å². The molecule has 13 nitrogen and oxygen atoms in total. The Morgan fingerprint density at radius 1 is 1.02 bits per heavy atom. The molecule has 0 aromatic carbocycles. The molecule has 2 amide bonds. The second-order valence-corrected chi connectivity index (χ2v) is 12.4. The zero-order valence-electron chi connectivity index (χ0n) is 26.4. The first-order valence-electron chi connectivity index (χ1n) is 11.4. The van der Waals surface area contributed by atoms with E-state index in [4.69, 9.17) is 31.1 Å². The number of nitrogens with zero attached hydrogens (tertiary/aromatic N) is 5. The van der Waals surface area contributed by atoms with Gasteiger partial charge in [0.1, 0.15) is 11.2 Å². The predicted molar refractivity (Wildman–Crippen MR) is 163 cm³/mol. The third-order valence-electron chi connectivity index (χ3n) is 3.60. The number of carbonyl (C=O) groups is 3. The monoisotopic (exact) mass is 1070 g/mol. The fourth-order valence-electron chi connectivity index (χ4n) is 1.94. The first-order valence-corrected chi connectivity index (χ1v) is 14.1. The standard InChI is InChI=1S/C11H18IN3O2.C8H16ClNO2.C3H3IN2.CH2O3.2Cs.H/c1-11(2,3)17-10(16)14(4)5-6-15-8-9(12)7-13-15;1-8(2,3)12-7(11)10(4)6-5-9;4-3-1-5-6-2-3;2-1-4-3;;;/h7-8H,5-6H2,1-4H3;5-6H2,1-4H3;1-2H,(H,5,6);1,3H;;;/q;;;;2*+1;-1/p-1. The Balaban J connectivity index is -0.000000159. The van der Waals surface area contributed by atoms with E-state index >= 15 is 0 Å². The Morgan fingerprint density at radius 3 is 1.76 bits per heavy atom. The molecule has 0 fully saturated rings. The Labute approximate surface area is 394 Å². The Hall–Kier alpha value is 2.24. The van der Waals surface area contributed by atoms with Gasteiger partial charge in [0.25, 0.3) is 6.47 Å². The molecule has 0 aliphatic carbocycles. The summed E-state index contributed by atoms with van der Waals surface area (Å²) in [5, 5.41) is 18.9. The van der Waals surface area contributed by atoms with Gasteiger partial charge in [0, 0.05) is 45.5 Å². The number of amides is 2. The molecule has 18 heteroatoms. The third-order valence-corrected chi connectivity index (χ3v) is 4.92. The normalized spacial score (nSPS) is 9.76. The summed E-state index contributed by atoms with van der Waals surface area (Å²) in [5.74, 6) is 0.426. The van der Waals surface area contributed by atoms with Gasteiger partial charge in [-0.25, -0.2) is 9.59 Å². The quantitative estimate of drug-likeness (QED) is 0.114. The Kier molecular flexibility index (Phi) is 34.8. The maximum Gasteiger partial charge on any atom is 1.00 e. The third kappa shape index (κ3) is 33.4. The van der Waals surface area contributed by atoms with E-state index in [1.165, 1.54) is 4.90 Å². The summed E-state index contributed by atoms with van der Waals surface area (Å²) in [7, 11) is 3.39. The van der Waals surface area contributed by atoms with E-state index in [1.54, 1.807) is 31.4 Å². The summed E-state index contributed by atoms with van der Waals surface area (Å²) in [5.41, 5.74) is -0.885. The number of ether oxygens (including phenoxy) is 2. The molecule has 0 aliphatic rings. The molecular formula is C23H39ClCs2I2N6O7. The second kappa shape index (κ2) is 28.5. The predicted octanol–water partition coefficient (Wildman–Crippen LogP) is -1.98. The maximum absolute atomic E-state index is 11.7. The molecule has 0 spiro atoms. The molecule has 2 aromatic rings. The zero-order valence-corrected chi connectivity index (χ0v) is 43.1. The van der Waals surface area contributed by atoms with Crippen molar-refractivity contribution in [1.82, 2.24) is 29.8 Å². The summed E-state index contributed by atoms with van der Waals surface area (Å²) >= 11 is 9.84. The summed E-state index contributed by atoms with van der Waals surface area (Å²) in [6, 6.07) is 0. The number of halogens is 3. The molecule has 226 valence electrons. The van der Waals surface area contributed by atoms with Crippen LogP contribution in [-0.4, -0.2) is 92.7 Å². The fourth-order valence-corrected chi connectivity index (χ4v) is 2.92. The average molecular weight is 1070 g/mol. The minimum Gasteiger partial charge on any atom is -1.00 e. The number of H-pyrrole nitrogens is 1. The molecule has 0 atom stereocenters. The molecular weight excluding hydrogens is 1030 g/mol. The van der Waals surface area contributed by atoms with Gasteiger partial charge in [0.2, 0.25) is 0 Å². The summed E-state index contributed by atoms with van der Waals surface area (Å²) < 4.78 is 14.4. The average Bonchev–Trinajstić information content (AvgIpc) is 3.47. The first-order chi connectivity index (χ1) is 17.9. The van der Waals surface area contributed by atoms with Crippen molar-refractivity contribution in [2.24, 2.45) is 0 Å². The molecule has 0 saturated carbocycles. The van der Waals surface area contributed by atoms with Crippen LogP contribution in [0.2, 0.25) is 0 Å². The summed E-state index contributed by atoms with van der Waals surface area (Å²) in [6.45, 7) is 12.6. The van der Waals surface area contributed by atoms with Crippen LogP contribution in [0.1, 0.15) is 43.0 Å². The SMILES string of the molecule is CN(CCCl)C(=O)OC(C)(C)C.CN(CCn1cc(I)cn1)C(=O)OC(C)(C)C.Ic1cn[nH]c1.O=CO[O-].[Cs+].[Cs+].[H-]. The van der Waals surface area contributed by atoms with Crippen molar-refractivity contribution in [3.05, 3.63) is 31.9 Å². The van der Waals surface area contributed by atoms with Gasteiger partial charge in [-0.15, -0.1) is 11.6 Å². The number of hydrogen-bond donors (Lipinski definition) is 1. The van der Waals surface area contributed by atoms with Crippen molar-refractivity contribution in [2.75, 3.05) is 33.1 Å². The fraction of sp³-hybridized carbons (Fsp3) is 0.609. The molecule has 0 saturated heterocycles. The molecule has 2 aromatic heterocycles. The molecule has 41 heavy (non-hydrogen) atoms. The number of nitrogens with one attached hydrogen (secondary N) is 1. The number of rotatable bonds is 6. The van der Waals surface area contributed by atoms with Crippen molar-refractivity contribution in [1.29, 1.82) is 0 Å². The van der Waals surface area contributed by atoms with Crippen molar-refractivity contribution in [3.8, 4) is 0 Å². The van der Waals surface area contributed by atoms with Gasteiger partial charge >= 0.3 is 150 Å². The molecule has 2 rings (SSSR count). The first kappa shape index (κ1) is 50.1. The zero-order chi connectivity index (χ0) is 30.6. The van der Waals surface area contributed by atoms with Crippen LogP contribution in [0.25, 0.3) is 0 Å². The van der Waals surface area contributed by atoms with E-state index in [9.17, 15) is 9.59 Å². The number of aromatic nitrogens is 4. The number of aromatic amines is 1. The van der Waals surface area contributed by atoms with Crippen LogP contribution in [0.3, 0.4) is 0 Å². The van der Waals surface area contributed by atoms with Crippen LogP contribution >= 0.6 is 56.8 Å². The number of likely N-dealkylation sites (N-methyl/N-ethyl adjacent to an activating group) is 1. The van der Waals surface area contributed by atoms with Gasteiger partial charge < -0.3 is 30.8 Å². The van der Waals surface area contributed by atoms with E-state index < -0.39 is 11.2 Å². The van der Waals surface area contributed by atoms with Gasteiger partial charge in [-0.3, -0.25) is 14.6 Å². The van der Waals surface area contributed by atoms with E-state index in [1.807, 2.05) is 58.6 Å². The number of hydrogen-bond acceptors (Lipinski definition) is 9. The van der Waals surface area contributed by atoms with Gasteiger partial charge in [0.05, 0.1) is 26.1 Å². The topological polar surface area (TPSA) is 155 Å². The summed E-state index contributed by atoms with van der Waals surface area (Å²) in [6.07, 6.45) is 6.68. The Bertz CT molecular complexity index is 953.